The van der Waals surface area contributed by atoms with Gasteiger partial charge in [-0.15, -0.1) is 0 Å². The molecule has 10 nitrogen and oxygen atoms in total. The third-order valence-electron chi connectivity index (χ3n) is 6.81. The monoisotopic (exact) mass is 616 g/mol. The molecular weight excluding hydrogens is 564 g/mol. The molecule has 0 fully saturated rings. The molecule has 0 saturated carbocycles. The maximum absolute atomic E-state index is 12.2. The Morgan fingerprint density at radius 1 is 0.636 bits per heavy atom. The van der Waals surface area contributed by atoms with E-state index >= 15 is 0 Å². The number of carbonyl (C=O) groups excluding carboxylic acids is 2. The fraction of sp³-hybridized carbons (Fsp3) is 0.588. The summed E-state index contributed by atoms with van der Waals surface area (Å²) in [5, 5.41) is 20.0. The number of benzene rings is 1. The van der Waals surface area contributed by atoms with Gasteiger partial charge in [-0.2, -0.15) is 0 Å². The minimum atomic E-state index is -0.760. The molecule has 0 amide bonds. The van der Waals surface area contributed by atoms with Crippen LogP contribution in [-0.2, 0) is 19.1 Å². The number of hydrogen-bond donors (Lipinski definition) is 2. The summed E-state index contributed by atoms with van der Waals surface area (Å²) in [5.41, 5.74) is 0.269. The lowest BCUT2D eigenvalue weighted by Crippen LogP contribution is -2.08. The van der Waals surface area contributed by atoms with E-state index in [0.717, 1.165) is 38.5 Å². The first-order valence-electron chi connectivity index (χ1n) is 15.7. The summed E-state index contributed by atoms with van der Waals surface area (Å²) in [6.07, 6.45) is 15.7. The van der Waals surface area contributed by atoms with Crippen LogP contribution < -0.4 is 9.47 Å². The summed E-state index contributed by atoms with van der Waals surface area (Å²) in [5.74, 6) is -1.14. The molecule has 44 heavy (non-hydrogen) atoms. The number of carbonyl (C=O) groups is 2. The third-order valence-corrected chi connectivity index (χ3v) is 6.81. The van der Waals surface area contributed by atoms with E-state index < -0.39 is 11.9 Å². The number of methoxy groups -OCH3 is 2. The highest BCUT2D eigenvalue weighted by Crippen LogP contribution is 2.40. The van der Waals surface area contributed by atoms with Crippen molar-refractivity contribution in [1.29, 1.82) is 0 Å². The van der Waals surface area contributed by atoms with Crippen molar-refractivity contribution in [1.82, 2.24) is 0 Å². The van der Waals surface area contributed by atoms with Gasteiger partial charge >= 0.3 is 11.9 Å². The number of allylic oxidation sites excluding steroid dienone is 2. The van der Waals surface area contributed by atoms with Gasteiger partial charge < -0.3 is 29.2 Å². The van der Waals surface area contributed by atoms with Gasteiger partial charge in [-0.25, -0.2) is 9.59 Å². The molecule has 0 aliphatic rings. The topological polar surface area (TPSA) is 136 Å². The second kappa shape index (κ2) is 22.7. The van der Waals surface area contributed by atoms with E-state index in [9.17, 15) is 19.8 Å². The summed E-state index contributed by atoms with van der Waals surface area (Å²) in [6.45, 7) is 8.03. The Kier molecular flexibility index (Phi) is 19.7. The number of unbranched alkanes of at least 4 members (excludes halogenated alkanes) is 10. The van der Waals surface area contributed by atoms with Crippen LogP contribution in [0.15, 0.2) is 44.8 Å². The molecule has 0 atom stereocenters. The van der Waals surface area contributed by atoms with Crippen molar-refractivity contribution in [3.63, 3.8) is 0 Å². The van der Waals surface area contributed by atoms with E-state index in [1.165, 1.54) is 79.0 Å². The van der Waals surface area contributed by atoms with Crippen LogP contribution in [0.3, 0.4) is 0 Å². The van der Waals surface area contributed by atoms with Crippen LogP contribution >= 0.6 is 0 Å². The highest BCUT2D eigenvalue weighted by atomic mass is 16.5. The first kappa shape index (κ1) is 38.2. The van der Waals surface area contributed by atoms with Crippen molar-refractivity contribution in [3.8, 4) is 11.5 Å². The van der Waals surface area contributed by atoms with Gasteiger partial charge in [0.1, 0.15) is 22.7 Å². The normalized spacial score (nSPS) is 12.7. The summed E-state index contributed by atoms with van der Waals surface area (Å²) in [4.78, 5) is 33.2. The van der Waals surface area contributed by atoms with Crippen LogP contribution in [0.25, 0.3) is 0 Å². The number of aliphatic hydroxyl groups is 2. The Morgan fingerprint density at radius 2 is 0.977 bits per heavy atom. The van der Waals surface area contributed by atoms with Gasteiger partial charge in [0.05, 0.1) is 38.8 Å². The molecule has 0 heterocycles. The van der Waals surface area contributed by atoms with Crippen LogP contribution in [-0.4, -0.2) is 62.0 Å². The molecule has 0 aliphatic heterocycles. The predicted octanol–water partition coefficient (Wildman–Crippen LogP) is 8.58. The SMILES string of the molecule is CCCCCCCCOc1cc(N=C/C(C(=O)OC)=C(\C)O)c(N=C/C(C(=O)OC)=C(/C)O)cc1OCCCCCCCC. The second-order valence-electron chi connectivity index (χ2n) is 10.5. The van der Waals surface area contributed by atoms with Crippen molar-refractivity contribution in [2.45, 2.75) is 105 Å². The van der Waals surface area contributed by atoms with Crippen LogP contribution in [0.4, 0.5) is 11.4 Å². The number of aliphatic hydroxyl groups excluding tert-OH is 2. The molecule has 0 unspecified atom stereocenters. The number of ether oxygens (including phenoxy) is 4. The van der Waals surface area contributed by atoms with Crippen LogP contribution in [0.2, 0.25) is 0 Å². The van der Waals surface area contributed by atoms with Crippen molar-refractivity contribution < 1.29 is 38.7 Å². The van der Waals surface area contributed by atoms with Gasteiger partial charge in [0.15, 0.2) is 11.5 Å². The molecule has 246 valence electrons. The molecule has 1 aromatic rings. The van der Waals surface area contributed by atoms with Crippen LogP contribution in [0, 0.1) is 0 Å². The average Bonchev–Trinajstić information content (AvgIpc) is 3.00. The van der Waals surface area contributed by atoms with Gasteiger partial charge in [-0.1, -0.05) is 78.1 Å². The van der Waals surface area contributed by atoms with Crippen molar-refractivity contribution >= 4 is 35.7 Å². The summed E-state index contributed by atoms with van der Waals surface area (Å²) >= 11 is 0. The minimum absolute atomic E-state index is 0.137. The van der Waals surface area contributed by atoms with E-state index in [1.54, 1.807) is 12.1 Å². The van der Waals surface area contributed by atoms with Crippen LogP contribution in [0.5, 0.6) is 11.5 Å². The Balaban J connectivity index is 3.48. The highest BCUT2D eigenvalue weighted by Gasteiger charge is 2.16. The lowest BCUT2D eigenvalue weighted by molar-refractivity contribution is -0.136. The number of esters is 2. The molecule has 0 bridgehead atoms. The second-order valence-corrected chi connectivity index (χ2v) is 10.5. The molecule has 0 spiro atoms. The smallest absolute Gasteiger partial charge is 0.342 e. The van der Waals surface area contributed by atoms with Gasteiger partial charge in [-0.3, -0.25) is 9.98 Å². The Bertz CT molecular complexity index is 1060. The predicted molar refractivity (Wildman–Crippen MR) is 175 cm³/mol. The van der Waals surface area contributed by atoms with Gasteiger partial charge in [-0.05, 0) is 26.7 Å². The Labute approximate surface area is 262 Å². The van der Waals surface area contributed by atoms with E-state index in [0.29, 0.717) is 24.7 Å². The first-order valence-corrected chi connectivity index (χ1v) is 15.7. The zero-order valence-corrected chi connectivity index (χ0v) is 27.4. The lowest BCUT2D eigenvalue weighted by atomic mass is 10.1. The molecular formula is C34H52N2O8. The fourth-order valence-electron chi connectivity index (χ4n) is 4.18. The number of hydrogen-bond acceptors (Lipinski definition) is 10. The van der Waals surface area contributed by atoms with Crippen molar-refractivity contribution in [2.24, 2.45) is 9.98 Å². The molecule has 10 heteroatoms. The van der Waals surface area contributed by atoms with Gasteiger partial charge in [0.25, 0.3) is 0 Å². The zero-order valence-electron chi connectivity index (χ0n) is 27.4. The highest BCUT2D eigenvalue weighted by molar-refractivity contribution is 6.11. The standard InChI is InChI=1S/C34H52N2O8/c1-7-9-11-13-15-17-19-43-31-21-29(35-23-27(25(3)37)33(39)41-5)30(36-24-28(26(4)38)34(40)42-6)22-32(31)44-20-18-16-14-12-10-8-2/h21-24,37-38H,7-20H2,1-6H3/b27-25-,28-26+,35-23?,36-24?. The molecule has 1 rings (SSSR count). The first-order chi connectivity index (χ1) is 21.2. The molecule has 0 aliphatic carbocycles. The van der Waals surface area contributed by atoms with Crippen molar-refractivity contribution in [2.75, 3.05) is 27.4 Å². The zero-order chi connectivity index (χ0) is 32.7. The third kappa shape index (κ3) is 14.6. The minimum Gasteiger partial charge on any atom is -0.512 e. The molecule has 0 radical (unpaired) electrons. The van der Waals surface area contributed by atoms with E-state index in [4.69, 9.17) is 18.9 Å². The van der Waals surface area contributed by atoms with Crippen LogP contribution in [0.1, 0.15) is 105 Å². The number of rotatable bonds is 22. The molecule has 2 N–H and O–H groups in total. The Hall–Kier alpha value is -3.82. The summed E-state index contributed by atoms with van der Waals surface area (Å²) in [7, 11) is 2.41. The molecule has 0 saturated heterocycles. The van der Waals surface area contributed by atoms with E-state index in [-0.39, 0.29) is 34.0 Å². The maximum atomic E-state index is 12.2. The quantitative estimate of drug-likeness (QED) is 0.0435. The Morgan fingerprint density at radius 3 is 1.30 bits per heavy atom. The van der Waals surface area contributed by atoms with Crippen molar-refractivity contribution in [3.05, 3.63) is 34.8 Å². The van der Waals surface area contributed by atoms with E-state index in [1.807, 2.05) is 0 Å². The lowest BCUT2D eigenvalue weighted by Gasteiger charge is -2.15. The van der Waals surface area contributed by atoms with Gasteiger partial charge in [0.2, 0.25) is 0 Å². The van der Waals surface area contributed by atoms with Gasteiger partial charge in [0, 0.05) is 24.6 Å². The number of nitrogens with zero attached hydrogens (tertiary/aromatic N) is 2. The van der Waals surface area contributed by atoms with E-state index in [2.05, 4.69) is 23.8 Å². The molecule has 0 aromatic heterocycles. The fourth-order valence-corrected chi connectivity index (χ4v) is 4.18. The average molecular weight is 617 g/mol. The number of aliphatic imine (C=N–C) groups is 2. The molecule has 1 aromatic carbocycles. The largest absolute Gasteiger partial charge is 0.512 e. The summed E-state index contributed by atoms with van der Waals surface area (Å²) < 4.78 is 21.8. The maximum Gasteiger partial charge on any atom is 0.342 e. The summed E-state index contributed by atoms with van der Waals surface area (Å²) in [6, 6.07) is 3.29.